The molecular formula is C73H96N24O37P5S4-5. The molecule has 0 radical (unpaired) electrons. The van der Waals surface area contributed by atoms with Crippen LogP contribution in [0.4, 0.5) is 23.4 Å². The van der Waals surface area contributed by atoms with E-state index in [1.165, 1.54) is 81.2 Å². The lowest BCUT2D eigenvalue weighted by atomic mass is 10.1. The van der Waals surface area contributed by atoms with Crippen LogP contribution >= 0.6 is 34.8 Å². The summed E-state index contributed by atoms with van der Waals surface area (Å²) in [6, 6.07) is 0. The van der Waals surface area contributed by atoms with Crippen LogP contribution in [0.3, 0.4) is 0 Å². The van der Waals surface area contributed by atoms with Gasteiger partial charge in [-0.1, -0.05) is 42.3 Å². The average Bonchev–Trinajstić information content (AvgIpc) is 1.61. The van der Waals surface area contributed by atoms with Crippen molar-refractivity contribution in [1.82, 2.24) is 97.2 Å². The molecule has 6 aliphatic rings. The van der Waals surface area contributed by atoms with Crippen molar-refractivity contribution in [2.24, 2.45) is 0 Å². The molecule has 70 heteroatoms. The zero-order chi connectivity index (χ0) is 102. The molecular weight excluding hydrogens is 2090 g/mol. The maximum atomic E-state index is 15.6. The number of fused-ring (bicyclic) bond motifs is 4. The van der Waals surface area contributed by atoms with Gasteiger partial charge < -0.3 is 171 Å². The number of ether oxygens (including phenoxy) is 14. The van der Waals surface area contributed by atoms with Crippen molar-refractivity contribution in [2.45, 2.75) is 175 Å². The Balaban J connectivity index is 0.678. The number of nitrogen functional groups attached to an aromatic ring is 4. The summed E-state index contributed by atoms with van der Waals surface area (Å²) >= 11 is 22.4. The number of nitrogens with one attached hydrogen (secondary N) is 4. The number of aromatic nitrogens is 20. The molecule has 0 spiro atoms. The zero-order valence-corrected chi connectivity index (χ0v) is 83.9. The van der Waals surface area contributed by atoms with E-state index < -0.39 is 256 Å². The van der Waals surface area contributed by atoms with Gasteiger partial charge in [0.2, 0.25) is 5.95 Å². The van der Waals surface area contributed by atoms with Crippen LogP contribution in [0.15, 0.2) is 79.1 Å². The molecule has 6 fully saturated rings. The van der Waals surface area contributed by atoms with Crippen molar-refractivity contribution in [3.63, 3.8) is 0 Å². The third-order valence-electron chi connectivity index (χ3n) is 23.3. The highest BCUT2D eigenvalue weighted by Crippen LogP contribution is 2.56. The number of hydrogen-bond acceptors (Lipinski definition) is 55. The number of aliphatic hydroxyl groups excluding tert-OH is 1. The number of rotatable bonds is 48. The Morgan fingerprint density at radius 3 is 1.36 bits per heavy atom. The van der Waals surface area contributed by atoms with Crippen LogP contribution in [0.5, 0.6) is 0 Å². The Morgan fingerprint density at radius 1 is 0.434 bits per heavy atom. The fourth-order valence-electron chi connectivity index (χ4n) is 16.7. The quantitative estimate of drug-likeness (QED) is 0.00995. The molecule has 61 nitrogen and oxygen atoms in total. The van der Waals surface area contributed by atoms with E-state index in [0.29, 0.717) is 0 Å². The van der Waals surface area contributed by atoms with E-state index in [9.17, 15) is 38.4 Å². The summed E-state index contributed by atoms with van der Waals surface area (Å²) in [6.45, 7) is -22.1. The summed E-state index contributed by atoms with van der Waals surface area (Å²) in [4.78, 5) is 190. The van der Waals surface area contributed by atoms with Crippen molar-refractivity contribution in [3.05, 3.63) is 124 Å². The summed E-state index contributed by atoms with van der Waals surface area (Å²) in [7, 11) is -0.716. The Kier molecular flexibility index (Phi) is 34.3. The van der Waals surface area contributed by atoms with Gasteiger partial charge in [-0.15, -0.1) is 0 Å². The van der Waals surface area contributed by atoms with Crippen LogP contribution < -0.4 is 76.3 Å². The number of aromatic amines is 4. The van der Waals surface area contributed by atoms with E-state index in [0.717, 1.165) is 38.9 Å². The first-order chi connectivity index (χ1) is 68.2. The predicted molar refractivity (Wildman–Crippen MR) is 492 cm³/mol. The second-order valence-corrected chi connectivity index (χ2v) is 44.8. The van der Waals surface area contributed by atoms with Crippen molar-refractivity contribution in [1.29, 1.82) is 0 Å². The molecule has 0 bridgehead atoms. The Morgan fingerprint density at radius 2 is 0.839 bits per heavy atom. The van der Waals surface area contributed by atoms with Gasteiger partial charge in [-0.25, -0.2) is 54.3 Å². The van der Waals surface area contributed by atoms with Gasteiger partial charge in [0, 0.05) is 64.8 Å². The third kappa shape index (κ3) is 24.4. The lowest BCUT2D eigenvalue weighted by Crippen LogP contribution is -2.41. The van der Waals surface area contributed by atoms with Crippen LogP contribution in [-0.4, -0.2) is 314 Å². The van der Waals surface area contributed by atoms with Crippen LogP contribution in [0.25, 0.3) is 44.7 Å². The molecule has 16 rings (SSSR count). The molecule has 0 saturated carbocycles. The standard InChI is InChI=1S/C73H101N24O37P5S4/c1-8-34-35(17-43(124-34)94-28-82-46-58(76)86-71(102)88-61(46)94)130-136(107,140)120-21-37-36(18-42(125-37)92-19-32(2)63(99)90-72(92)103)131-137(108,141)122-24-40-49(53(116-14-10-112-5)69(128-40)97-31-85-47-62(97)87-70(77)89-65(47)101)132-135(105,106)119-23-39-50(54(117-15-11-113-6)67(127-39)95-29-83-44-56(74)78-26-80-59(44)95)133-139(110,143)123-25-41-51(55(118-16-12-114-7)68(129-41)96-30-84-45-57(75)79-27-81-60(45)96)134-138(109,142)121-22-38-48(98)52(115-13-9-111-4)66(126-38)93-20-33(3)64(100)91-73(93)104/h19-20,26-31,34-43,48-55,66-69,98H,8-18,21-25H2,1-7H3,(H,105,106)(H,107,140)(H,108,141)(H,109,142)(H,110,143)(H2,74,78,80)(H2,75,79,81)(H,90,99,103)(H,91,100,104)(H3,76,86,88,102)(H3,77,87,89,101)/p-5/t34-,35-,36-,37-,38-,39-,40-,41-,42-,43-,48+,49+,50+,51+,52?,53?,54?,55?,66-,67-,68-,69-,136?,137?,138?,139?/m1/s1. The molecule has 27 atom stereocenters. The van der Waals surface area contributed by atoms with Crippen molar-refractivity contribution in [3.8, 4) is 0 Å². The summed E-state index contributed by atoms with van der Waals surface area (Å²) in [5.41, 5.74) is 19.5. The first kappa shape index (κ1) is 108. The van der Waals surface area contributed by atoms with Crippen molar-refractivity contribution < 1.29 is 145 Å². The zero-order valence-electron chi connectivity index (χ0n) is 76.1. The fourth-order valence-corrected chi connectivity index (χ4v) is 23.4. The molecule has 6 saturated heterocycles. The van der Waals surface area contributed by atoms with Crippen molar-refractivity contribution in [2.75, 3.05) is 137 Å². The maximum absolute atomic E-state index is 15.6. The first-order valence-corrected chi connectivity index (χ1v) is 55.0. The Hall–Kier alpha value is -8.04. The molecule has 0 aliphatic carbocycles. The van der Waals surface area contributed by atoms with E-state index >= 15 is 24.1 Å². The fraction of sp³-hybridized carbons (Fsp3) is 0.616. The maximum Gasteiger partial charge on any atom is 0.348 e. The molecule has 16 heterocycles. The number of anilines is 4. The molecule has 10 aromatic heterocycles. The average molecular weight is 2180 g/mol. The Bertz CT molecular complexity index is 6870. The van der Waals surface area contributed by atoms with Gasteiger partial charge >= 0.3 is 17.1 Å². The van der Waals surface area contributed by atoms with Gasteiger partial charge in [0.1, 0.15) is 147 Å². The number of H-pyrrole nitrogens is 4. The van der Waals surface area contributed by atoms with E-state index in [1.807, 2.05) is 0 Å². The van der Waals surface area contributed by atoms with Gasteiger partial charge in [-0.05, 0) is 20.3 Å². The molecule has 6 aliphatic heterocycles. The van der Waals surface area contributed by atoms with E-state index in [-0.39, 0.29) is 132 Å². The van der Waals surface area contributed by atoms with Crippen LogP contribution in [0.2, 0.25) is 0 Å². The highest BCUT2D eigenvalue weighted by atomic mass is 32.7. The minimum absolute atomic E-state index is 0.0135. The molecule has 13 N–H and O–H groups in total. The van der Waals surface area contributed by atoms with Crippen molar-refractivity contribution >= 4 is 151 Å². The lowest BCUT2D eigenvalue weighted by molar-refractivity contribution is -0.238. The number of hydrogen-bond donors (Lipinski definition) is 9. The monoisotopic (exact) mass is 2180 g/mol. The number of nitrogens with two attached hydrogens (primary N) is 4. The number of aryl methyl sites for hydroxylation is 2. The number of nitrogens with zero attached hydrogens (tertiary/aromatic N) is 16. The van der Waals surface area contributed by atoms with E-state index in [1.54, 1.807) is 6.92 Å². The van der Waals surface area contributed by atoms with E-state index in [2.05, 4.69) is 69.8 Å². The van der Waals surface area contributed by atoms with E-state index in [4.69, 9.17) is 182 Å². The molecule has 9 unspecified atom stereocenters. The number of imidazole rings is 4. The number of methoxy groups -OCH3 is 4. The summed E-state index contributed by atoms with van der Waals surface area (Å²) in [5, 5.41) is 11.8. The molecule has 0 amide bonds. The highest BCUT2D eigenvalue weighted by Gasteiger charge is 2.56. The second kappa shape index (κ2) is 45.6. The third-order valence-corrected chi connectivity index (χ3v) is 30.5. The molecule has 143 heavy (non-hydrogen) atoms. The molecule has 784 valence electrons. The second-order valence-electron chi connectivity index (χ2n) is 32.6. The lowest BCUT2D eigenvalue weighted by Gasteiger charge is -2.37. The number of phosphoric ester groups is 1. The van der Waals surface area contributed by atoms with Gasteiger partial charge in [0.05, 0.1) is 130 Å². The van der Waals surface area contributed by atoms with Crippen LogP contribution in [-0.2, 0) is 168 Å². The Labute approximate surface area is 825 Å². The minimum atomic E-state index is -6.12. The van der Waals surface area contributed by atoms with Crippen LogP contribution in [0, 0.1) is 13.8 Å². The number of aliphatic hydroxyl groups is 1. The van der Waals surface area contributed by atoms with Gasteiger partial charge in [-0.3, -0.25) is 70.9 Å². The van der Waals surface area contributed by atoms with Gasteiger partial charge in [-0.2, -0.15) is 9.97 Å². The number of phosphoric acid groups is 1. The molecule has 10 aromatic rings. The van der Waals surface area contributed by atoms with Gasteiger partial charge in [0.25, 0.3) is 24.5 Å². The first-order valence-electron chi connectivity index (χ1n) is 43.3. The summed E-state index contributed by atoms with van der Waals surface area (Å²) in [6.07, 6.45) is -25.0. The summed E-state index contributed by atoms with van der Waals surface area (Å²) < 4.78 is 182. The van der Waals surface area contributed by atoms with Crippen LogP contribution in [0.1, 0.15) is 74.7 Å². The minimum Gasteiger partial charge on any atom is -0.780 e. The smallest absolute Gasteiger partial charge is 0.348 e. The normalized spacial score (nSPS) is 29.0. The topological polar surface area (TPSA) is 796 Å². The summed E-state index contributed by atoms with van der Waals surface area (Å²) in [5.74, 6) is -0.679. The predicted octanol–water partition coefficient (Wildman–Crippen LogP) is -4.07. The van der Waals surface area contributed by atoms with Gasteiger partial charge in [0.15, 0.2) is 71.5 Å². The highest BCUT2D eigenvalue weighted by molar-refractivity contribution is 8.32. The molecule has 0 aromatic carbocycles. The largest absolute Gasteiger partial charge is 0.780 e. The SMILES string of the molecule is CC[C@H]1O[C@@H](n2cnc3c(N)[nH]c(=O)nc32)C[C@H]1OP(=O)([S-])OC[C@H]1O[C@@H](n2cc(C)c(=O)[nH]c2=O)C[C@H]1OP([O-])(=S)OC[C@H]1O[C@@H](n2cnc3c(=O)[nH]c(N)nc32)C(OCCOC)[C@H]1OP(=O)([O-])OC[C@H]1O[C@@H](n2cnc3c(N)ncnc32)C(OCCOC)[C@H]1OP([O-])(=S)OC[C@H]1O[C@@H](n2cnc3c(N)ncnc32)C(OCCOC)[C@H]1OP([O-])(=S)OC[C@H]1O[C@@H](n2cc(C)c(=O)[nH]c2=O)C(OCCOC)[C@H]1O.